The number of aliphatic hydroxyl groups is 1. The van der Waals surface area contributed by atoms with Gasteiger partial charge in [0.1, 0.15) is 0 Å². The Morgan fingerprint density at radius 1 is 1.64 bits per heavy atom. The van der Waals surface area contributed by atoms with Crippen LogP contribution in [0.1, 0.15) is 27.2 Å². The summed E-state index contributed by atoms with van der Waals surface area (Å²) in [7, 11) is 0. The third kappa shape index (κ3) is 2.42. The first-order valence-corrected chi connectivity index (χ1v) is 5.51. The van der Waals surface area contributed by atoms with Crippen LogP contribution in [0, 0.1) is 5.41 Å². The van der Waals surface area contributed by atoms with E-state index in [1.54, 1.807) is 11.8 Å². The molecule has 0 aromatic rings. The molecule has 1 N–H and O–H groups in total. The monoisotopic (exact) mass is 217 g/mol. The van der Waals surface area contributed by atoms with Crippen LogP contribution in [-0.2, 0) is 4.79 Å². The van der Waals surface area contributed by atoms with Crippen LogP contribution in [0.15, 0.2) is 0 Å². The molecule has 0 aliphatic carbocycles. The van der Waals surface area contributed by atoms with Gasteiger partial charge in [0.25, 0.3) is 0 Å². The summed E-state index contributed by atoms with van der Waals surface area (Å²) in [5, 5.41) is 9.47. The number of hydrogen-bond donors (Lipinski definition) is 2. The minimum Gasteiger partial charge on any atom is -0.392 e. The van der Waals surface area contributed by atoms with Gasteiger partial charge < -0.3 is 10.0 Å². The van der Waals surface area contributed by atoms with Crippen LogP contribution in [0.5, 0.6) is 0 Å². The molecule has 0 spiro atoms. The van der Waals surface area contributed by atoms with Gasteiger partial charge in [0, 0.05) is 18.5 Å². The highest BCUT2D eigenvalue weighted by Gasteiger charge is 2.36. The highest BCUT2D eigenvalue weighted by molar-refractivity contribution is 7.81. The summed E-state index contributed by atoms with van der Waals surface area (Å²) in [5.41, 5.74) is -0.198. The van der Waals surface area contributed by atoms with E-state index in [9.17, 15) is 9.90 Å². The van der Waals surface area contributed by atoms with Gasteiger partial charge in [-0.05, 0) is 13.3 Å². The van der Waals surface area contributed by atoms with Crippen molar-refractivity contribution >= 4 is 18.5 Å². The molecule has 2 atom stereocenters. The summed E-state index contributed by atoms with van der Waals surface area (Å²) in [6, 6.07) is 0. The second-order valence-corrected chi connectivity index (χ2v) is 5.50. The van der Waals surface area contributed by atoms with Gasteiger partial charge in [-0.25, -0.2) is 0 Å². The van der Waals surface area contributed by atoms with Gasteiger partial charge in [-0.1, -0.05) is 13.8 Å². The van der Waals surface area contributed by atoms with Crippen LogP contribution in [0.2, 0.25) is 0 Å². The van der Waals surface area contributed by atoms with Gasteiger partial charge in [0.2, 0.25) is 5.91 Å². The van der Waals surface area contributed by atoms with Crippen molar-refractivity contribution in [3.63, 3.8) is 0 Å². The standard InChI is InChI=1S/C10H19NO2S/c1-7(14)9(13)11-5-4-8(12)10(2,3)6-11/h7-8,12,14H,4-6H2,1-3H3. The lowest BCUT2D eigenvalue weighted by molar-refractivity contribution is -0.136. The van der Waals surface area contributed by atoms with Gasteiger partial charge in [-0.2, -0.15) is 12.6 Å². The van der Waals surface area contributed by atoms with Crippen LogP contribution in [0.4, 0.5) is 0 Å². The zero-order chi connectivity index (χ0) is 10.9. The van der Waals surface area contributed by atoms with E-state index < -0.39 is 0 Å². The molecule has 1 aliphatic heterocycles. The van der Waals surface area contributed by atoms with E-state index >= 15 is 0 Å². The van der Waals surface area contributed by atoms with Crippen LogP contribution in [-0.4, -0.2) is 40.4 Å². The minimum absolute atomic E-state index is 0.0632. The van der Waals surface area contributed by atoms with E-state index in [2.05, 4.69) is 12.6 Å². The molecule has 0 aromatic carbocycles. The topological polar surface area (TPSA) is 40.5 Å². The summed E-state index contributed by atoms with van der Waals surface area (Å²) in [4.78, 5) is 13.5. The zero-order valence-electron chi connectivity index (χ0n) is 9.03. The van der Waals surface area contributed by atoms with Crippen molar-refractivity contribution in [3.05, 3.63) is 0 Å². The van der Waals surface area contributed by atoms with E-state index in [0.717, 1.165) is 0 Å². The maximum atomic E-state index is 11.7. The molecule has 0 saturated carbocycles. The molecule has 2 unspecified atom stereocenters. The second-order valence-electron chi connectivity index (χ2n) is 4.73. The Kier molecular flexibility index (Phi) is 3.48. The van der Waals surface area contributed by atoms with E-state index in [1.165, 1.54) is 0 Å². The molecule has 4 heteroatoms. The molecular weight excluding hydrogens is 198 g/mol. The molecule has 0 bridgehead atoms. The van der Waals surface area contributed by atoms with Crippen molar-refractivity contribution in [1.82, 2.24) is 4.90 Å². The van der Waals surface area contributed by atoms with Gasteiger partial charge in [0.15, 0.2) is 0 Å². The smallest absolute Gasteiger partial charge is 0.235 e. The molecule has 1 fully saturated rings. The van der Waals surface area contributed by atoms with E-state index in [0.29, 0.717) is 19.5 Å². The predicted octanol–water partition coefficient (Wildman–Crippen LogP) is 0.924. The van der Waals surface area contributed by atoms with E-state index in [1.807, 2.05) is 13.8 Å². The molecule has 3 nitrogen and oxygen atoms in total. The number of thiol groups is 1. The van der Waals surface area contributed by atoms with Crippen molar-refractivity contribution < 1.29 is 9.90 Å². The first kappa shape index (κ1) is 11.9. The molecular formula is C10H19NO2S. The highest BCUT2D eigenvalue weighted by Crippen LogP contribution is 2.29. The average Bonchev–Trinajstić information content (AvgIpc) is 2.08. The molecule has 1 heterocycles. The van der Waals surface area contributed by atoms with Crippen molar-refractivity contribution in [3.8, 4) is 0 Å². The van der Waals surface area contributed by atoms with Gasteiger partial charge in [0.05, 0.1) is 11.4 Å². The Morgan fingerprint density at radius 2 is 2.21 bits per heavy atom. The minimum atomic E-state index is -0.304. The summed E-state index contributed by atoms with van der Waals surface area (Å²) in [6.07, 6.45) is 0.362. The third-order valence-electron chi connectivity index (χ3n) is 2.84. The first-order chi connectivity index (χ1) is 6.34. The van der Waals surface area contributed by atoms with Crippen molar-refractivity contribution in [1.29, 1.82) is 0 Å². The first-order valence-electron chi connectivity index (χ1n) is 4.99. The lowest BCUT2D eigenvalue weighted by Crippen LogP contribution is -2.52. The second kappa shape index (κ2) is 4.11. The number of likely N-dealkylation sites (tertiary alicyclic amines) is 1. The Hall–Kier alpha value is -0.220. The van der Waals surface area contributed by atoms with Crippen molar-refractivity contribution in [2.24, 2.45) is 5.41 Å². The molecule has 1 saturated heterocycles. The summed E-state index contributed by atoms with van der Waals surface area (Å²) in [6.45, 7) is 7.02. The molecule has 1 aliphatic rings. The van der Waals surface area contributed by atoms with Crippen LogP contribution >= 0.6 is 12.6 Å². The van der Waals surface area contributed by atoms with Crippen molar-refractivity contribution in [2.75, 3.05) is 13.1 Å². The Labute approximate surface area is 90.9 Å². The van der Waals surface area contributed by atoms with Crippen LogP contribution in [0.3, 0.4) is 0 Å². The SMILES string of the molecule is CC(S)C(=O)N1CCC(O)C(C)(C)C1. The molecule has 82 valence electrons. The highest BCUT2D eigenvalue weighted by atomic mass is 32.1. The molecule has 0 aromatic heterocycles. The fourth-order valence-corrected chi connectivity index (χ4v) is 1.96. The summed E-state index contributed by atoms with van der Waals surface area (Å²) >= 11 is 4.13. The van der Waals surface area contributed by atoms with Gasteiger partial charge >= 0.3 is 0 Å². The number of carbonyl (C=O) groups is 1. The van der Waals surface area contributed by atoms with E-state index in [4.69, 9.17) is 0 Å². The largest absolute Gasteiger partial charge is 0.392 e. The quantitative estimate of drug-likeness (QED) is 0.641. The number of carbonyl (C=O) groups excluding carboxylic acids is 1. The third-order valence-corrected chi connectivity index (χ3v) is 3.06. The number of hydrogen-bond acceptors (Lipinski definition) is 3. The molecule has 0 radical (unpaired) electrons. The fraction of sp³-hybridized carbons (Fsp3) is 0.900. The lowest BCUT2D eigenvalue weighted by atomic mass is 9.81. The number of aliphatic hydroxyl groups excluding tert-OH is 1. The number of piperidine rings is 1. The zero-order valence-corrected chi connectivity index (χ0v) is 9.92. The molecule has 1 rings (SSSR count). The summed E-state index contributed by atoms with van der Waals surface area (Å²) in [5.74, 6) is 0.0632. The average molecular weight is 217 g/mol. The molecule has 14 heavy (non-hydrogen) atoms. The Bertz CT molecular complexity index is 228. The predicted molar refractivity (Wildman–Crippen MR) is 59.4 cm³/mol. The Morgan fingerprint density at radius 3 is 2.64 bits per heavy atom. The Balaban J connectivity index is 2.64. The number of amides is 1. The maximum absolute atomic E-state index is 11.7. The summed E-state index contributed by atoms with van der Waals surface area (Å²) < 4.78 is 0. The van der Waals surface area contributed by atoms with Crippen LogP contribution < -0.4 is 0 Å². The van der Waals surface area contributed by atoms with Gasteiger partial charge in [-0.3, -0.25) is 4.79 Å². The normalized spacial score (nSPS) is 28.6. The molecule has 1 amide bonds. The maximum Gasteiger partial charge on any atom is 0.235 e. The van der Waals surface area contributed by atoms with E-state index in [-0.39, 0.29) is 22.7 Å². The number of nitrogens with zero attached hydrogens (tertiary/aromatic N) is 1. The fourth-order valence-electron chi connectivity index (χ4n) is 1.80. The van der Waals surface area contributed by atoms with Crippen LogP contribution in [0.25, 0.3) is 0 Å². The number of rotatable bonds is 1. The van der Waals surface area contributed by atoms with Crippen molar-refractivity contribution in [2.45, 2.75) is 38.5 Å². The lowest BCUT2D eigenvalue weighted by Gasteiger charge is -2.42. The van der Waals surface area contributed by atoms with Gasteiger partial charge in [-0.15, -0.1) is 0 Å².